The van der Waals surface area contributed by atoms with Gasteiger partial charge in [0, 0.05) is 19.1 Å². The van der Waals surface area contributed by atoms with Crippen LogP contribution in [0.1, 0.15) is 50.2 Å². The van der Waals surface area contributed by atoms with Crippen molar-refractivity contribution in [2.75, 3.05) is 6.54 Å². The fourth-order valence-electron chi connectivity index (χ4n) is 3.77. The van der Waals surface area contributed by atoms with Crippen LogP contribution in [0.5, 0.6) is 0 Å². The first kappa shape index (κ1) is 17.1. The molecule has 1 unspecified atom stereocenters. The highest BCUT2D eigenvalue weighted by molar-refractivity contribution is 5.41. The quantitative estimate of drug-likeness (QED) is 0.885. The van der Waals surface area contributed by atoms with E-state index in [-0.39, 0.29) is 6.10 Å². The topological polar surface area (TPSA) is 54.2 Å². The Balaban J connectivity index is 1.75. The van der Waals surface area contributed by atoms with Gasteiger partial charge < -0.3 is 5.11 Å². The summed E-state index contributed by atoms with van der Waals surface area (Å²) < 4.78 is 1.80. The van der Waals surface area contributed by atoms with Gasteiger partial charge in [0.25, 0.3) is 0 Å². The van der Waals surface area contributed by atoms with Gasteiger partial charge in [-0.25, -0.2) is 9.67 Å². The average molecular weight is 328 g/mol. The lowest BCUT2D eigenvalue weighted by atomic mass is 9.93. The van der Waals surface area contributed by atoms with E-state index in [2.05, 4.69) is 40.1 Å². The number of aryl methyl sites for hydroxylation is 1. The fraction of sp³-hybridized carbons (Fsp3) is 0.579. The Labute approximate surface area is 144 Å². The first-order chi connectivity index (χ1) is 11.6. The van der Waals surface area contributed by atoms with E-state index in [1.807, 2.05) is 6.92 Å². The van der Waals surface area contributed by atoms with E-state index in [4.69, 9.17) is 0 Å². The molecule has 1 aromatic carbocycles. The Bertz CT molecular complexity index is 633. The zero-order valence-corrected chi connectivity index (χ0v) is 14.7. The van der Waals surface area contributed by atoms with Crippen LogP contribution in [0.25, 0.3) is 5.69 Å². The maximum Gasteiger partial charge on any atom is 0.138 e. The van der Waals surface area contributed by atoms with E-state index < -0.39 is 0 Å². The molecule has 1 saturated carbocycles. The summed E-state index contributed by atoms with van der Waals surface area (Å²) in [6.07, 6.45) is 9.47. The van der Waals surface area contributed by atoms with Gasteiger partial charge in [-0.3, -0.25) is 4.90 Å². The minimum Gasteiger partial charge on any atom is -0.392 e. The third-order valence-corrected chi connectivity index (χ3v) is 4.90. The van der Waals surface area contributed by atoms with Crippen LogP contribution in [0.4, 0.5) is 0 Å². The number of aromatic nitrogens is 3. The highest BCUT2D eigenvalue weighted by Gasteiger charge is 2.22. The summed E-state index contributed by atoms with van der Waals surface area (Å²) in [6, 6.07) is 7.11. The average Bonchev–Trinajstić information content (AvgIpc) is 3.09. The molecule has 1 aromatic heterocycles. The molecule has 5 nitrogen and oxygen atoms in total. The van der Waals surface area contributed by atoms with Crippen molar-refractivity contribution in [1.82, 2.24) is 19.7 Å². The van der Waals surface area contributed by atoms with Crippen LogP contribution < -0.4 is 0 Å². The molecular weight excluding hydrogens is 300 g/mol. The number of hydrogen-bond donors (Lipinski definition) is 1. The number of aliphatic hydroxyl groups excluding tert-OH is 1. The Morgan fingerprint density at radius 1 is 1.29 bits per heavy atom. The molecule has 0 bridgehead atoms. The van der Waals surface area contributed by atoms with Crippen molar-refractivity contribution in [2.24, 2.45) is 0 Å². The van der Waals surface area contributed by atoms with Crippen molar-refractivity contribution in [1.29, 1.82) is 0 Å². The molecular formula is C19H28N4O. The zero-order valence-electron chi connectivity index (χ0n) is 14.7. The zero-order chi connectivity index (χ0) is 16.9. The summed E-state index contributed by atoms with van der Waals surface area (Å²) in [5.74, 6) is 0. The molecule has 0 saturated heterocycles. The third kappa shape index (κ3) is 4.22. The van der Waals surface area contributed by atoms with Gasteiger partial charge in [-0.1, -0.05) is 31.4 Å². The number of benzene rings is 1. The third-order valence-electron chi connectivity index (χ3n) is 4.90. The van der Waals surface area contributed by atoms with Crippen molar-refractivity contribution in [3.63, 3.8) is 0 Å². The Morgan fingerprint density at radius 3 is 2.71 bits per heavy atom. The Hall–Kier alpha value is -1.72. The lowest BCUT2D eigenvalue weighted by Gasteiger charge is -2.35. The predicted molar refractivity (Wildman–Crippen MR) is 95.1 cm³/mol. The van der Waals surface area contributed by atoms with Crippen LogP contribution in [0, 0.1) is 6.92 Å². The first-order valence-corrected chi connectivity index (χ1v) is 9.00. The highest BCUT2D eigenvalue weighted by Crippen LogP contribution is 2.25. The maximum absolute atomic E-state index is 9.89. The smallest absolute Gasteiger partial charge is 0.138 e. The van der Waals surface area contributed by atoms with Crippen LogP contribution >= 0.6 is 0 Å². The van der Waals surface area contributed by atoms with Crippen molar-refractivity contribution in [2.45, 2.75) is 64.6 Å². The van der Waals surface area contributed by atoms with Crippen LogP contribution in [0.2, 0.25) is 0 Å². The van der Waals surface area contributed by atoms with E-state index in [9.17, 15) is 5.11 Å². The molecule has 0 aliphatic heterocycles. The van der Waals surface area contributed by atoms with Gasteiger partial charge in [-0.05, 0) is 43.9 Å². The Morgan fingerprint density at radius 2 is 2.08 bits per heavy atom. The van der Waals surface area contributed by atoms with Gasteiger partial charge in [-0.2, -0.15) is 5.10 Å². The van der Waals surface area contributed by atoms with Gasteiger partial charge >= 0.3 is 0 Å². The summed E-state index contributed by atoms with van der Waals surface area (Å²) in [6.45, 7) is 5.64. The monoisotopic (exact) mass is 328 g/mol. The van der Waals surface area contributed by atoms with Gasteiger partial charge in [0.15, 0.2) is 0 Å². The molecule has 1 N–H and O–H groups in total. The normalized spacial score (nSPS) is 17.3. The summed E-state index contributed by atoms with van der Waals surface area (Å²) in [5.41, 5.74) is 3.55. The molecule has 3 rings (SSSR count). The molecule has 0 spiro atoms. The number of hydrogen-bond acceptors (Lipinski definition) is 4. The molecule has 2 aromatic rings. The summed E-state index contributed by atoms with van der Waals surface area (Å²) in [7, 11) is 0. The number of rotatable bonds is 6. The molecule has 24 heavy (non-hydrogen) atoms. The van der Waals surface area contributed by atoms with Crippen molar-refractivity contribution >= 4 is 0 Å². The standard InChI is InChI=1S/C19H28N4O/c1-15-10-17(8-9-19(15)23-14-20-13-21-23)12-22(11-16(2)24)18-6-4-3-5-7-18/h8-10,13-14,16,18,24H,3-7,11-12H2,1-2H3. The van der Waals surface area contributed by atoms with E-state index in [0.717, 1.165) is 18.8 Å². The molecule has 1 aliphatic carbocycles. The van der Waals surface area contributed by atoms with Crippen LogP contribution in [-0.4, -0.2) is 43.5 Å². The molecule has 5 heteroatoms. The van der Waals surface area contributed by atoms with E-state index in [1.165, 1.54) is 43.2 Å². The molecule has 0 radical (unpaired) electrons. The molecule has 130 valence electrons. The van der Waals surface area contributed by atoms with E-state index >= 15 is 0 Å². The van der Waals surface area contributed by atoms with Crippen LogP contribution in [0.15, 0.2) is 30.9 Å². The second-order valence-corrected chi connectivity index (χ2v) is 7.03. The minimum absolute atomic E-state index is 0.289. The largest absolute Gasteiger partial charge is 0.392 e. The van der Waals surface area contributed by atoms with Gasteiger partial charge in [0.1, 0.15) is 12.7 Å². The first-order valence-electron chi connectivity index (χ1n) is 9.00. The van der Waals surface area contributed by atoms with Crippen molar-refractivity contribution in [3.05, 3.63) is 42.0 Å². The molecule has 1 heterocycles. The lowest BCUT2D eigenvalue weighted by molar-refractivity contribution is 0.0769. The van der Waals surface area contributed by atoms with Gasteiger partial charge in [0.05, 0.1) is 11.8 Å². The summed E-state index contributed by atoms with van der Waals surface area (Å²) in [4.78, 5) is 6.49. The summed E-state index contributed by atoms with van der Waals surface area (Å²) >= 11 is 0. The van der Waals surface area contributed by atoms with Crippen LogP contribution in [-0.2, 0) is 6.54 Å². The van der Waals surface area contributed by atoms with Crippen LogP contribution in [0.3, 0.4) is 0 Å². The molecule has 1 aliphatic rings. The van der Waals surface area contributed by atoms with E-state index in [1.54, 1.807) is 17.3 Å². The molecule has 1 fully saturated rings. The second kappa shape index (κ2) is 7.90. The van der Waals surface area contributed by atoms with E-state index in [0.29, 0.717) is 6.04 Å². The Kier molecular flexibility index (Phi) is 5.63. The molecule has 1 atom stereocenters. The maximum atomic E-state index is 9.89. The van der Waals surface area contributed by atoms with Crippen molar-refractivity contribution in [3.8, 4) is 5.69 Å². The minimum atomic E-state index is -0.289. The summed E-state index contributed by atoms with van der Waals surface area (Å²) in [5, 5.41) is 14.1. The van der Waals surface area contributed by atoms with Crippen molar-refractivity contribution < 1.29 is 5.11 Å². The van der Waals surface area contributed by atoms with Gasteiger partial charge in [-0.15, -0.1) is 0 Å². The SMILES string of the molecule is Cc1cc(CN(CC(C)O)C2CCCCC2)ccc1-n1cncn1. The fourth-order valence-corrected chi connectivity index (χ4v) is 3.77. The van der Waals surface area contributed by atoms with Gasteiger partial charge in [0.2, 0.25) is 0 Å². The lowest BCUT2D eigenvalue weighted by Crippen LogP contribution is -2.40. The highest BCUT2D eigenvalue weighted by atomic mass is 16.3. The molecule has 0 amide bonds. The second-order valence-electron chi connectivity index (χ2n) is 7.03. The number of nitrogens with zero attached hydrogens (tertiary/aromatic N) is 4. The predicted octanol–water partition coefficient (Wildman–Crippen LogP) is 3.09. The number of aliphatic hydroxyl groups is 1.